The van der Waals surface area contributed by atoms with Crippen molar-refractivity contribution in [3.8, 4) is 11.1 Å². The maximum atomic E-state index is 13.9. The van der Waals surface area contributed by atoms with Crippen molar-refractivity contribution in [3.63, 3.8) is 0 Å². The van der Waals surface area contributed by atoms with Crippen molar-refractivity contribution in [1.82, 2.24) is 14.9 Å². The average molecular weight is 495 g/mol. The van der Waals surface area contributed by atoms with Crippen LogP contribution in [0.5, 0.6) is 0 Å². The lowest BCUT2D eigenvalue weighted by molar-refractivity contribution is -0.111. The molecule has 2 unspecified atom stereocenters. The average Bonchev–Trinajstić information content (AvgIpc) is 2.89. The molecule has 3 aliphatic rings. The zero-order valence-corrected chi connectivity index (χ0v) is 21.6. The molecule has 0 bridgehead atoms. The van der Waals surface area contributed by atoms with Crippen molar-refractivity contribution in [2.45, 2.75) is 32.1 Å². The van der Waals surface area contributed by atoms with Gasteiger partial charge in [-0.1, -0.05) is 24.6 Å². The van der Waals surface area contributed by atoms with Gasteiger partial charge in [0.25, 0.3) is 5.91 Å². The summed E-state index contributed by atoms with van der Waals surface area (Å²) in [5, 5.41) is 3.16. The fourth-order valence-corrected chi connectivity index (χ4v) is 6.12. The van der Waals surface area contributed by atoms with Crippen LogP contribution in [0.25, 0.3) is 16.7 Å². The molecule has 1 saturated heterocycles. The number of nitrogens with one attached hydrogen (secondary N) is 1. The van der Waals surface area contributed by atoms with Gasteiger partial charge < -0.3 is 20.9 Å². The number of likely N-dealkylation sites (N-methyl/N-ethyl adjacent to an activating group) is 1. The second kappa shape index (κ2) is 9.63. The van der Waals surface area contributed by atoms with Crippen molar-refractivity contribution in [1.29, 1.82) is 0 Å². The van der Waals surface area contributed by atoms with Crippen LogP contribution in [0.1, 0.15) is 43.2 Å². The first kappa shape index (κ1) is 23.7. The van der Waals surface area contributed by atoms with Crippen molar-refractivity contribution in [2.75, 3.05) is 49.2 Å². The van der Waals surface area contributed by atoms with Crippen molar-refractivity contribution >= 4 is 28.7 Å². The third-order valence-electron chi connectivity index (χ3n) is 8.30. The van der Waals surface area contributed by atoms with Crippen LogP contribution in [0.3, 0.4) is 0 Å². The Kier molecular flexibility index (Phi) is 6.16. The number of rotatable bonds is 5. The van der Waals surface area contributed by atoms with E-state index in [0.717, 1.165) is 72.8 Å². The second-order valence-corrected chi connectivity index (χ2v) is 10.5. The molecule has 7 heteroatoms. The Balaban J connectivity index is 1.31. The molecule has 6 rings (SSSR count). The predicted molar refractivity (Wildman–Crippen MR) is 149 cm³/mol. The molecule has 3 N–H and O–H groups in total. The molecule has 37 heavy (non-hydrogen) atoms. The molecule has 3 heterocycles. The number of hydrogen-bond acceptors (Lipinski definition) is 6. The summed E-state index contributed by atoms with van der Waals surface area (Å²) in [5.41, 5.74) is 13.7. The number of nitrogens with two attached hydrogens (primary N) is 1. The van der Waals surface area contributed by atoms with Gasteiger partial charge in [-0.05, 0) is 79.1 Å². The largest absolute Gasteiger partial charge is 0.397 e. The van der Waals surface area contributed by atoms with Crippen LogP contribution in [0.15, 0.2) is 60.6 Å². The molecule has 1 amide bonds. The zero-order chi connectivity index (χ0) is 25.5. The maximum absolute atomic E-state index is 13.9. The van der Waals surface area contributed by atoms with Crippen molar-refractivity contribution < 1.29 is 4.79 Å². The molecule has 190 valence electrons. The quantitative estimate of drug-likeness (QED) is 0.531. The van der Waals surface area contributed by atoms with Crippen LogP contribution >= 0.6 is 0 Å². The van der Waals surface area contributed by atoms with Crippen LogP contribution in [-0.4, -0.2) is 54.0 Å². The number of aromatic nitrogens is 2. The van der Waals surface area contributed by atoms with Crippen LogP contribution in [0, 0.1) is 5.92 Å². The van der Waals surface area contributed by atoms with Gasteiger partial charge in [0, 0.05) is 49.7 Å². The van der Waals surface area contributed by atoms with Gasteiger partial charge in [-0.3, -0.25) is 9.78 Å². The molecule has 0 spiro atoms. The summed E-state index contributed by atoms with van der Waals surface area (Å²) >= 11 is 0. The number of fused-ring (bicyclic) bond motifs is 3. The Labute approximate surface area is 218 Å². The van der Waals surface area contributed by atoms with Gasteiger partial charge >= 0.3 is 0 Å². The van der Waals surface area contributed by atoms with Gasteiger partial charge in [0.05, 0.1) is 17.6 Å². The predicted octanol–water partition coefficient (Wildman–Crippen LogP) is 4.79. The van der Waals surface area contributed by atoms with Crippen LogP contribution < -0.4 is 16.0 Å². The molecule has 1 saturated carbocycles. The van der Waals surface area contributed by atoms with Gasteiger partial charge in [-0.15, -0.1) is 0 Å². The minimum Gasteiger partial charge on any atom is -0.397 e. The van der Waals surface area contributed by atoms with E-state index in [9.17, 15) is 4.79 Å². The number of benzene rings is 1. The first-order chi connectivity index (χ1) is 18.0. The number of piperazine rings is 1. The van der Waals surface area contributed by atoms with Crippen molar-refractivity contribution in [3.05, 3.63) is 71.7 Å². The van der Waals surface area contributed by atoms with E-state index in [1.807, 2.05) is 24.4 Å². The van der Waals surface area contributed by atoms with Gasteiger partial charge in [0.2, 0.25) is 0 Å². The molecule has 2 atom stereocenters. The highest BCUT2D eigenvalue weighted by molar-refractivity contribution is 6.27. The van der Waals surface area contributed by atoms with E-state index in [0.29, 0.717) is 17.5 Å². The van der Waals surface area contributed by atoms with Crippen LogP contribution in [0.2, 0.25) is 0 Å². The summed E-state index contributed by atoms with van der Waals surface area (Å²) in [7, 11) is 2.15. The Morgan fingerprint density at radius 2 is 1.81 bits per heavy atom. The molecule has 2 fully saturated rings. The van der Waals surface area contributed by atoms with Gasteiger partial charge in [-0.2, -0.15) is 0 Å². The lowest BCUT2D eigenvalue weighted by atomic mass is 9.60. The number of nitrogen functional groups attached to an aromatic ring is 1. The number of carbonyl (C=O) groups is 1. The normalized spacial score (nSPS) is 21.2. The summed E-state index contributed by atoms with van der Waals surface area (Å²) in [4.78, 5) is 27.4. The third kappa shape index (κ3) is 4.37. The van der Waals surface area contributed by atoms with E-state index in [1.54, 1.807) is 12.4 Å². The van der Waals surface area contributed by atoms with E-state index in [1.165, 1.54) is 17.6 Å². The van der Waals surface area contributed by atoms with E-state index >= 15 is 0 Å². The fourth-order valence-electron chi connectivity index (χ4n) is 6.12. The Morgan fingerprint density at radius 1 is 1.00 bits per heavy atom. The fraction of sp³-hybridized carbons (Fsp3) is 0.367. The molecule has 2 aliphatic carbocycles. The smallest absolute Gasteiger partial charge is 0.256 e. The Morgan fingerprint density at radius 3 is 2.49 bits per heavy atom. The number of allylic oxidation sites excluding steroid dienone is 1. The first-order valence-electron chi connectivity index (χ1n) is 13.3. The summed E-state index contributed by atoms with van der Waals surface area (Å²) in [5.74, 6) is 1.86. The number of hydrogen-bond donors (Lipinski definition) is 2. The molecule has 1 aliphatic heterocycles. The summed E-state index contributed by atoms with van der Waals surface area (Å²) < 4.78 is 0. The number of anilines is 3. The second-order valence-electron chi connectivity index (χ2n) is 10.5. The molecule has 1 aromatic carbocycles. The van der Waals surface area contributed by atoms with Gasteiger partial charge in [0.1, 0.15) is 5.82 Å². The molecule has 0 radical (unpaired) electrons. The van der Waals surface area contributed by atoms with E-state index in [-0.39, 0.29) is 5.91 Å². The van der Waals surface area contributed by atoms with E-state index in [2.05, 4.69) is 57.3 Å². The summed E-state index contributed by atoms with van der Waals surface area (Å²) in [6, 6.07) is 12.4. The van der Waals surface area contributed by atoms with E-state index in [4.69, 9.17) is 5.73 Å². The van der Waals surface area contributed by atoms with Crippen LogP contribution in [0.4, 0.5) is 17.2 Å². The van der Waals surface area contributed by atoms with Crippen molar-refractivity contribution in [2.24, 2.45) is 5.92 Å². The SMILES string of the molecule is CCC1=C(C(=O)Nc2ccc(N3CCN(C)CC3)nc2)c2cc(-c3cncc(N)c3)ccc2C2CCC12. The monoisotopic (exact) mass is 494 g/mol. The maximum Gasteiger partial charge on any atom is 0.256 e. The lowest BCUT2D eigenvalue weighted by Crippen LogP contribution is -2.44. The lowest BCUT2D eigenvalue weighted by Gasteiger charge is -2.44. The molecule has 7 nitrogen and oxygen atoms in total. The minimum absolute atomic E-state index is 0.0551. The minimum atomic E-state index is -0.0551. The number of amides is 1. The third-order valence-corrected chi connectivity index (χ3v) is 8.30. The Hall–Kier alpha value is -3.71. The molecule has 3 aromatic rings. The number of pyridine rings is 2. The number of carbonyl (C=O) groups excluding carboxylic acids is 1. The van der Waals surface area contributed by atoms with Gasteiger partial charge in [-0.25, -0.2) is 4.98 Å². The highest BCUT2D eigenvalue weighted by Crippen LogP contribution is 2.55. The highest BCUT2D eigenvalue weighted by atomic mass is 16.1. The summed E-state index contributed by atoms with van der Waals surface area (Å²) in [6.45, 7) is 6.16. The Bertz CT molecular complexity index is 1360. The molecular weight excluding hydrogens is 460 g/mol. The van der Waals surface area contributed by atoms with E-state index < -0.39 is 0 Å². The highest BCUT2D eigenvalue weighted by Gasteiger charge is 2.42. The van der Waals surface area contributed by atoms with Crippen LogP contribution in [-0.2, 0) is 4.79 Å². The molecule has 2 aromatic heterocycles. The summed E-state index contributed by atoms with van der Waals surface area (Å²) in [6.07, 6.45) is 8.44. The number of nitrogens with zero attached hydrogens (tertiary/aromatic N) is 4. The first-order valence-corrected chi connectivity index (χ1v) is 13.3. The topological polar surface area (TPSA) is 87.4 Å². The molecular formula is C30H34N6O. The standard InChI is InChI=1S/C30H34N6O/c1-3-23-24-7-8-25(24)26-6-4-19(20-14-21(31)17-32-16-20)15-27(26)29(23)30(37)34-22-5-9-28(33-18-22)36-12-10-35(2)11-13-36/h4-6,9,14-18,24-25H,3,7-8,10-13,31H2,1-2H3,(H,34,37). The van der Waals surface area contributed by atoms with Gasteiger partial charge in [0.15, 0.2) is 0 Å². The zero-order valence-electron chi connectivity index (χ0n) is 21.6.